The van der Waals surface area contributed by atoms with Crippen LogP contribution < -0.4 is 10.2 Å². The number of nitro benzene ring substituents is 1. The average Bonchev–Trinajstić information content (AvgIpc) is 2.97. The SMILES string of the molecule is O=C(NCc1ccc(N2CCCCCC2)nc1)c1n[nH]c2ccc([N+](=O)[O-])cc12. The van der Waals surface area contributed by atoms with Gasteiger partial charge in [-0.25, -0.2) is 4.98 Å². The molecule has 3 heterocycles. The Morgan fingerprint density at radius 2 is 1.97 bits per heavy atom. The Morgan fingerprint density at radius 3 is 2.66 bits per heavy atom. The molecule has 0 spiro atoms. The number of nitro groups is 1. The third-order valence-electron chi connectivity index (χ3n) is 5.16. The maximum absolute atomic E-state index is 12.5. The summed E-state index contributed by atoms with van der Waals surface area (Å²) < 4.78 is 0. The number of amides is 1. The summed E-state index contributed by atoms with van der Waals surface area (Å²) in [5.41, 5.74) is 1.51. The molecule has 150 valence electrons. The second-order valence-electron chi connectivity index (χ2n) is 7.17. The predicted octanol–water partition coefficient (Wildman–Crippen LogP) is 3.18. The van der Waals surface area contributed by atoms with Crippen LogP contribution in [0.3, 0.4) is 0 Å². The summed E-state index contributed by atoms with van der Waals surface area (Å²) in [6.07, 6.45) is 6.69. The zero-order valence-corrected chi connectivity index (χ0v) is 15.9. The lowest BCUT2D eigenvalue weighted by atomic mass is 10.2. The molecule has 0 aliphatic carbocycles. The van der Waals surface area contributed by atoms with Crippen LogP contribution in [0.2, 0.25) is 0 Å². The zero-order valence-electron chi connectivity index (χ0n) is 15.9. The molecule has 9 nitrogen and oxygen atoms in total. The molecule has 0 atom stereocenters. The van der Waals surface area contributed by atoms with Crippen LogP contribution in [-0.4, -0.2) is 39.1 Å². The van der Waals surface area contributed by atoms with Crippen molar-refractivity contribution in [3.63, 3.8) is 0 Å². The maximum atomic E-state index is 12.5. The number of pyridine rings is 1. The summed E-state index contributed by atoms with van der Waals surface area (Å²) >= 11 is 0. The summed E-state index contributed by atoms with van der Waals surface area (Å²) in [6, 6.07) is 8.22. The average molecular weight is 394 g/mol. The van der Waals surface area contributed by atoms with Gasteiger partial charge in [-0.05, 0) is 30.5 Å². The Hall–Kier alpha value is -3.49. The number of anilines is 1. The molecule has 1 aromatic carbocycles. The maximum Gasteiger partial charge on any atom is 0.272 e. The van der Waals surface area contributed by atoms with Gasteiger partial charge in [-0.15, -0.1) is 0 Å². The van der Waals surface area contributed by atoms with Crippen molar-refractivity contribution in [2.75, 3.05) is 18.0 Å². The third kappa shape index (κ3) is 4.18. The Balaban J connectivity index is 1.42. The molecule has 4 rings (SSSR count). The fourth-order valence-electron chi connectivity index (χ4n) is 3.56. The zero-order chi connectivity index (χ0) is 20.2. The molecule has 0 radical (unpaired) electrons. The van der Waals surface area contributed by atoms with Crippen LogP contribution in [0.25, 0.3) is 10.9 Å². The molecule has 0 bridgehead atoms. The summed E-state index contributed by atoms with van der Waals surface area (Å²) in [7, 11) is 0. The van der Waals surface area contributed by atoms with Crippen molar-refractivity contribution in [2.24, 2.45) is 0 Å². The van der Waals surface area contributed by atoms with Crippen molar-refractivity contribution in [1.29, 1.82) is 0 Å². The van der Waals surface area contributed by atoms with Gasteiger partial charge in [0.1, 0.15) is 5.82 Å². The molecule has 1 saturated heterocycles. The fourth-order valence-corrected chi connectivity index (χ4v) is 3.56. The number of aromatic nitrogens is 3. The number of H-pyrrole nitrogens is 1. The summed E-state index contributed by atoms with van der Waals surface area (Å²) in [6.45, 7) is 2.36. The van der Waals surface area contributed by atoms with Crippen LogP contribution in [0.1, 0.15) is 41.7 Å². The number of carbonyl (C=O) groups is 1. The van der Waals surface area contributed by atoms with Gasteiger partial charge in [-0.1, -0.05) is 18.9 Å². The molecule has 0 unspecified atom stereocenters. The lowest BCUT2D eigenvalue weighted by Crippen LogP contribution is -2.25. The number of non-ortho nitro benzene ring substituents is 1. The minimum Gasteiger partial charge on any atom is -0.357 e. The lowest BCUT2D eigenvalue weighted by molar-refractivity contribution is -0.384. The second-order valence-corrected chi connectivity index (χ2v) is 7.17. The van der Waals surface area contributed by atoms with Crippen LogP contribution >= 0.6 is 0 Å². The van der Waals surface area contributed by atoms with Gasteiger partial charge in [0, 0.05) is 43.4 Å². The van der Waals surface area contributed by atoms with E-state index in [9.17, 15) is 14.9 Å². The molecule has 3 aromatic rings. The van der Waals surface area contributed by atoms with Gasteiger partial charge in [0.15, 0.2) is 5.69 Å². The van der Waals surface area contributed by atoms with Crippen LogP contribution in [0.4, 0.5) is 11.5 Å². The highest BCUT2D eigenvalue weighted by molar-refractivity contribution is 6.05. The first-order valence-corrected chi connectivity index (χ1v) is 9.72. The molecule has 1 fully saturated rings. The second kappa shape index (κ2) is 8.26. The van der Waals surface area contributed by atoms with Gasteiger partial charge in [0.2, 0.25) is 0 Å². The van der Waals surface area contributed by atoms with Gasteiger partial charge in [0.05, 0.1) is 10.4 Å². The molecule has 2 aromatic heterocycles. The van der Waals surface area contributed by atoms with E-state index in [1.54, 1.807) is 12.3 Å². The number of carbonyl (C=O) groups excluding carboxylic acids is 1. The summed E-state index contributed by atoms with van der Waals surface area (Å²) in [5.74, 6) is 0.570. The van der Waals surface area contributed by atoms with Crippen LogP contribution in [0.15, 0.2) is 36.5 Å². The summed E-state index contributed by atoms with van der Waals surface area (Å²) in [5, 5.41) is 21.0. The largest absolute Gasteiger partial charge is 0.357 e. The van der Waals surface area contributed by atoms with E-state index in [1.165, 1.54) is 37.8 Å². The highest BCUT2D eigenvalue weighted by atomic mass is 16.6. The Morgan fingerprint density at radius 1 is 1.17 bits per heavy atom. The molecular formula is C20H22N6O3. The van der Waals surface area contributed by atoms with Crippen LogP contribution in [0, 0.1) is 10.1 Å². The normalized spacial score (nSPS) is 14.6. The minimum absolute atomic E-state index is 0.0822. The lowest BCUT2D eigenvalue weighted by Gasteiger charge is -2.21. The van der Waals surface area contributed by atoms with Crippen LogP contribution in [0.5, 0.6) is 0 Å². The van der Waals surface area contributed by atoms with Gasteiger partial charge in [0.25, 0.3) is 11.6 Å². The van der Waals surface area contributed by atoms with Crippen molar-refractivity contribution in [3.8, 4) is 0 Å². The van der Waals surface area contributed by atoms with Gasteiger partial charge in [-0.2, -0.15) is 5.10 Å². The van der Waals surface area contributed by atoms with Gasteiger partial charge >= 0.3 is 0 Å². The van der Waals surface area contributed by atoms with E-state index in [1.807, 2.05) is 12.1 Å². The first-order chi connectivity index (χ1) is 14.1. The number of fused-ring (bicyclic) bond motifs is 1. The molecular weight excluding hydrogens is 372 g/mol. The number of nitrogens with zero attached hydrogens (tertiary/aromatic N) is 4. The molecule has 1 amide bonds. The molecule has 0 saturated carbocycles. The first kappa shape index (κ1) is 18.9. The quantitative estimate of drug-likeness (QED) is 0.507. The Kier molecular flexibility index (Phi) is 5.37. The number of hydrogen-bond donors (Lipinski definition) is 2. The third-order valence-corrected chi connectivity index (χ3v) is 5.16. The number of aromatic amines is 1. The number of rotatable bonds is 5. The Labute approximate surface area is 167 Å². The molecule has 1 aliphatic rings. The van der Waals surface area contributed by atoms with Crippen molar-refractivity contribution >= 4 is 28.3 Å². The molecule has 1 aliphatic heterocycles. The minimum atomic E-state index is -0.494. The first-order valence-electron chi connectivity index (χ1n) is 9.72. The molecule has 9 heteroatoms. The molecule has 29 heavy (non-hydrogen) atoms. The van der Waals surface area contributed by atoms with E-state index in [0.717, 1.165) is 24.5 Å². The van der Waals surface area contributed by atoms with E-state index in [2.05, 4.69) is 25.4 Å². The smallest absolute Gasteiger partial charge is 0.272 e. The van der Waals surface area contributed by atoms with Crippen molar-refractivity contribution in [3.05, 3.63) is 57.9 Å². The van der Waals surface area contributed by atoms with E-state index in [0.29, 0.717) is 17.4 Å². The van der Waals surface area contributed by atoms with E-state index >= 15 is 0 Å². The summed E-state index contributed by atoms with van der Waals surface area (Å²) in [4.78, 5) is 29.9. The van der Waals surface area contributed by atoms with E-state index in [-0.39, 0.29) is 11.4 Å². The number of nitrogens with one attached hydrogen (secondary N) is 2. The van der Waals surface area contributed by atoms with E-state index in [4.69, 9.17) is 0 Å². The Bertz CT molecular complexity index is 1020. The monoisotopic (exact) mass is 394 g/mol. The highest BCUT2D eigenvalue weighted by Crippen LogP contribution is 2.22. The van der Waals surface area contributed by atoms with Crippen molar-refractivity contribution in [2.45, 2.75) is 32.2 Å². The predicted molar refractivity (Wildman–Crippen MR) is 109 cm³/mol. The van der Waals surface area contributed by atoms with Crippen molar-refractivity contribution in [1.82, 2.24) is 20.5 Å². The van der Waals surface area contributed by atoms with Crippen LogP contribution in [-0.2, 0) is 6.54 Å². The highest BCUT2D eigenvalue weighted by Gasteiger charge is 2.17. The number of benzene rings is 1. The van der Waals surface area contributed by atoms with Crippen molar-refractivity contribution < 1.29 is 9.72 Å². The molecule has 2 N–H and O–H groups in total. The standard InChI is InChI=1S/C20H22N6O3/c27-20(19-16-11-15(26(28)29)6-7-17(16)23-24-19)22-13-14-5-8-18(21-12-14)25-9-3-1-2-4-10-25/h5-8,11-12H,1-4,9-10,13H2,(H,22,27)(H,23,24). The topological polar surface area (TPSA) is 117 Å². The fraction of sp³-hybridized carbons (Fsp3) is 0.350. The van der Waals surface area contributed by atoms with E-state index < -0.39 is 10.8 Å². The van der Waals surface area contributed by atoms with Gasteiger partial charge < -0.3 is 10.2 Å². The van der Waals surface area contributed by atoms with Gasteiger partial charge in [-0.3, -0.25) is 20.0 Å². The number of hydrogen-bond acceptors (Lipinski definition) is 6.